The van der Waals surface area contributed by atoms with Crippen LogP contribution < -0.4 is 11.1 Å². The van der Waals surface area contributed by atoms with E-state index in [1.165, 1.54) is 0 Å². The highest BCUT2D eigenvalue weighted by molar-refractivity contribution is 5.52. The molecule has 2 aromatic rings. The third kappa shape index (κ3) is 2.21. The van der Waals surface area contributed by atoms with Gasteiger partial charge in [0.15, 0.2) is 17.5 Å². The fraction of sp³-hybridized carbons (Fsp3) is 0.111. The Morgan fingerprint density at radius 2 is 1.94 bits per heavy atom. The van der Waals surface area contributed by atoms with Gasteiger partial charge in [0.25, 0.3) is 0 Å². The summed E-state index contributed by atoms with van der Waals surface area (Å²) in [4.78, 5) is 0. The van der Waals surface area contributed by atoms with Gasteiger partial charge < -0.3 is 15.5 Å². The highest BCUT2D eigenvalue weighted by Gasteiger charge is 2.15. The van der Waals surface area contributed by atoms with Gasteiger partial charge in [-0.25, -0.2) is 13.2 Å². The van der Waals surface area contributed by atoms with Crippen LogP contribution in [0.3, 0.4) is 0 Å². The van der Waals surface area contributed by atoms with Gasteiger partial charge >= 0.3 is 6.01 Å². The van der Waals surface area contributed by atoms with Gasteiger partial charge in [0, 0.05) is 0 Å². The van der Waals surface area contributed by atoms with E-state index in [1.807, 2.05) is 0 Å². The zero-order valence-electron chi connectivity index (χ0n) is 8.38. The molecule has 0 aliphatic heterocycles. The molecule has 1 aromatic carbocycles. The van der Waals surface area contributed by atoms with Gasteiger partial charge in [-0.05, 0) is 12.1 Å². The normalized spacial score (nSPS) is 10.6. The summed E-state index contributed by atoms with van der Waals surface area (Å²) in [6.07, 6.45) is 0. The molecule has 0 unspecified atom stereocenters. The van der Waals surface area contributed by atoms with Crippen LogP contribution in [0.25, 0.3) is 0 Å². The molecule has 0 saturated heterocycles. The van der Waals surface area contributed by atoms with Crippen molar-refractivity contribution in [1.82, 2.24) is 10.2 Å². The molecule has 2 rings (SSSR count). The highest BCUT2D eigenvalue weighted by Crippen LogP contribution is 2.22. The minimum atomic E-state index is -1.58. The molecule has 0 atom stereocenters. The molecule has 0 saturated carbocycles. The lowest BCUT2D eigenvalue weighted by Gasteiger charge is -2.03. The first-order valence-corrected chi connectivity index (χ1v) is 4.54. The van der Waals surface area contributed by atoms with Crippen LogP contribution >= 0.6 is 0 Å². The molecule has 1 heterocycles. The third-order valence-electron chi connectivity index (χ3n) is 1.92. The first kappa shape index (κ1) is 11.4. The number of aromatic nitrogens is 2. The Labute approximate surface area is 93.4 Å². The summed E-state index contributed by atoms with van der Waals surface area (Å²) in [7, 11) is 0. The van der Waals surface area contributed by atoms with Crippen LogP contribution in [0.1, 0.15) is 5.89 Å². The Morgan fingerprint density at radius 3 is 2.59 bits per heavy atom. The molecule has 0 fully saturated rings. The number of hydrogen-bond acceptors (Lipinski definition) is 5. The van der Waals surface area contributed by atoms with Crippen LogP contribution in [-0.2, 0) is 6.54 Å². The van der Waals surface area contributed by atoms with Crippen molar-refractivity contribution in [1.29, 1.82) is 0 Å². The largest absolute Gasteiger partial charge is 0.406 e. The number of anilines is 2. The van der Waals surface area contributed by atoms with E-state index in [0.717, 1.165) is 12.1 Å². The van der Waals surface area contributed by atoms with Crippen LogP contribution in [0.2, 0.25) is 0 Å². The first-order chi connectivity index (χ1) is 8.11. The van der Waals surface area contributed by atoms with E-state index in [2.05, 4.69) is 15.5 Å². The SMILES string of the molecule is NCc1nnc(Nc2ccc(F)c(F)c2F)o1. The van der Waals surface area contributed by atoms with Crippen molar-refractivity contribution in [3.8, 4) is 0 Å². The van der Waals surface area contributed by atoms with Gasteiger partial charge in [0.2, 0.25) is 5.89 Å². The van der Waals surface area contributed by atoms with Crippen molar-refractivity contribution >= 4 is 11.7 Å². The van der Waals surface area contributed by atoms with Crippen molar-refractivity contribution in [2.45, 2.75) is 6.54 Å². The molecule has 0 amide bonds. The standard InChI is InChI=1S/C9H7F3N4O/c10-4-1-2-5(8(12)7(4)11)14-9-16-15-6(3-13)17-9/h1-2H,3,13H2,(H,14,16). The molecule has 8 heteroatoms. The Balaban J connectivity index is 2.27. The van der Waals surface area contributed by atoms with Crippen molar-refractivity contribution in [3.63, 3.8) is 0 Å². The Hall–Kier alpha value is -2.09. The molecule has 0 bridgehead atoms. The minimum absolute atomic E-state index is 0.0228. The Bertz CT molecular complexity index is 543. The number of nitrogens with one attached hydrogen (secondary N) is 1. The summed E-state index contributed by atoms with van der Waals surface area (Å²) in [5.41, 5.74) is 4.91. The van der Waals surface area contributed by atoms with Gasteiger partial charge in [-0.1, -0.05) is 5.10 Å². The average molecular weight is 244 g/mol. The zero-order chi connectivity index (χ0) is 12.4. The van der Waals surface area contributed by atoms with Crippen LogP contribution in [-0.4, -0.2) is 10.2 Å². The number of halogens is 3. The third-order valence-corrected chi connectivity index (χ3v) is 1.92. The molecule has 17 heavy (non-hydrogen) atoms. The molecule has 90 valence electrons. The molecule has 5 nitrogen and oxygen atoms in total. The molecule has 0 radical (unpaired) electrons. The smallest absolute Gasteiger partial charge is 0.320 e. The maximum Gasteiger partial charge on any atom is 0.320 e. The van der Waals surface area contributed by atoms with E-state index in [0.29, 0.717) is 0 Å². The predicted molar refractivity (Wildman–Crippen MR) is 51.8 cm³/mol. The van der Waals surface area contributed by atoms with Gasteiger partial charge in [0.1, 0.15) is 0 Å². The van der Waals surface area contributed by atoms with Crippen molar-refractivity contribution in [2.75, 3.05) is 5.32 Å². The molecule has 0 aliphatic carbocycles. The van der Waals surface area contributed by atoms with E-state index < -0.39 is 17.5 Å². The lowest BCUT2D eigenvalue weighted by Crippen LogP contribution is -1.98. The molecule has 1 aromatic heterocycles. The van der Waals surface area contributed by atoms with Crippen molar-refractivity contribution < 1.29 is 17.6 Å². The quantitative estimate of drug-likeness (QED) is 0.803. The number of nitrogens with zero attached hydrogens (tertiary/aromatic N) is 2. The summed E-state index contributed by atoms with van der Waals surface area (Å²) in [5.74, 6) is -4.08. The first-order valence-electron chi connectivity index (χ1n) is 4.54. The number of rotatable bonds is 3. The second kappa shape index (κ2) is 4.42. The molecular formula is C9H7F3N4O. The fourth-order valence-corrected chi connectivity index (χ4v) is 1.12. The zero-order valence-corrected chi connectivity index (χ0v) is 8.38. The van der Waals surface area contributed by atoms with Crippen molar-refractivity contribution in [3.05, 3.63) is 35.5 Å². The van der Waals surface area contributed by atoms with E-state index in [-0.39, 0.29) is 24.1 Å². The molecule has 0 aliphatic rings. The summed E-state index contributed by atoms with van der Waals surface area (Å²) in [6.45, 7) is 0.0228. The van der Waals surface area contributed by atoms with E-state index in [9.17, 15) is 13.2 Å². The molecule has 0 spiro atoms. The average Bonchev–Trinajstić information content (AvgIpc) is 2.78. The van der Waals surface area contributed by atoms with Crippen LogP contribution in [0.5, 0.6) is 0 Å². The maximum atomic E-state index is 13.2. The second-order valence-corrected chi connectivity index (χ2v) is 3.05. The number of hydrogen-bond donors (Lipinski definition) is 2. The van der Waals surface area contributed by atoms with Gasteiger partial charge in [-0.2, -0.15) is 0 Å². The lowest BCUT2D eigenvalue weighted by molar-refractivity contribution is 0.448. The topological polar surface area (TPSA) is 77.0 Å². The van der Waals surface area contributed by atoms with E-state index >= 15 is 0 Å². The fourth-order valence-electron chi connectivity index (χ4n) is 1.12. The van der Waals surface area contributed by atoms with E-state index in [4.69, 9.17) is 10.2 Å². The summed E-state index contributed by atoms with van der Waals surface area (Å²) < 4.78 is 43.7. The van der Waals surface area contributed by atoms with E-state index in [1.54, 1.807) is 0 Å². The second-order valence-electron chi connectivity index (χ2n) is 3.05. The number of benzene rings is 1. The van der Waals surface area contributed by atoms with Gasteiger partial charge in [0.05, 0.1) is 12.2 Å². The van der Waals surface area contributed by atoms with Crippen LogP contribution in [0, 0.1) is 17.5 Å². The monoisotopic (exact) mass is 244 g/mol. The van der Waals surface area contributed by atoms with Gasteiger partial charge in [-0.3, -0.25) is 0 Å². The predicted octanol–water partition coefficient (Wildman–Crippen LogP) is 1.69. The van der Waals surface area contributed by atoms with Gasteiger partial charge in [-0.15, -0.1) is 5.10 Å². The van der Waals surface area contributed by atoms with Crippen LogP contribution in [0.15, 0.2) is 16.5 Å². The highest BCUT2D eigenvalue weighted by atomic mass is 19.2. The Kier molecular flexibility index (Phi) is 2.96. The summed E-state index contributed by atoms with van der Waals surface area (Å²) in [6, 6.07) is 1.64. The lowest BCUT2D eigenvalue weighted by atomic mass is 10.3. The Morgan fingerprint density at radius 1 is 1.18 bits per heavy atom. The molecular weight excluding hydrogens is 237 g/mol. The summed E-state index contributed by atoms with van der Waals surface area (Å²) >= 11 is 0. The van der Waals surface area contributed by atoms with Crippen molar-refractivity contribution in [2.24, 2.45) is 5.73 Å². The molecule has 3 N–H and O–H groups in total. The maximum absolute atomic E-state index is 13.2. The number of nitrogens with two attached hydrogens (primary N) is 1. The summed E-state index contributed by atoms with van der Waals surface area (Å²) in [5, 5.41) is 9.31. The minimum Gasteiger partial charge on any atom is -0.406 e. The van der Waals surface area contributed by atoms with Crippen LogP contribution in [0.4, 0.5) is 24.9 Å².